The molecule has 30 heavy (non-hydrogen) atoms. The monoisotopic (exact) mass is 427 g/mol. The Morgan fingerprint density at radius 1 is 1.13 bits per heavy atom. The van der Waals surface area contributed by atoms with E-state index >= 15 is 0 Å². The van der Waals surface area contributed by atoms with Crippen molar-refractivity contribution >= 4 is 28.4 Å². The Hall–Kier alpha value is -2.78. The second kappa shape index (κ2) is 10.8. The normalized spacial score (nSPS) is 11.0. The molecular weight excluding hydrogens is 398 g/mol. The van der Waals surface area contributed by atoms with Gasteiger partial charge in [0.2, 0.25) is 11.9 Å². The van der Waals surface area contributed by atoms with Gasteiger partial charge in [0.1, 0.15) is 6.61 Å². The summed E-state index contributed by atoms with van der Waals surface area (Å²) < 4.78 is 5.89. The summed E-state index contributed by atoms with van der Waals surface area (Å²) in [6.07, 6.45) is 1.89. The molecule has 2 N–H and O–H groups in total. The highest BCUT2D eigenvalue weighted by Gasteiger charge is 2.15. The van der Waals surface area contributed by atoms with E-state index < -0.39 is 0 Å². The quantitative estimate of drug-likeness (QED) is 0.477. The van der Waals surface area contributed by atoms with Gasteiger partial charge in [0.05, 0.1) is 0 Å². The summed E-state index contributed by atoms with van der Waals surface area (Å²) in [4.78, 5) is 21.4. The highest BCUT2D eigenvalue weighted by molar-refractivity contribution is 7.15. The maximum Gasteiger partial charge on any atom is 0.323 e. The fourth-order valence-electron chi connectivity index (χ4n) is 2.68. The summed E-state index contributed by atoms with van der Waals surface area (Å²) in [7, 11) is 1.93. The first kappa shape index (κ1) is 21.9. The van der Waals surface area contributed by atoms with Gasteiger partial charge in [0.25, 0.3) is 0 Å². The van der Waals surface area contributed by atoms with Crippen LogP contribution in [-0.4, -0.2) is 46.6 Å². The summed E-state index contributed by atoms with van der Waals surface area (Å²) in [5, 5.41) is 7.13. The number of hydrogen-bond acceptors (Lipinski definition) is 9. The number of rotatable bonds is 11. The molecule has 0 saturated heterocycles. The number of ether oxygens (including phenoxy) is 1. The molecule has 0 bridgehead atoms. The molecule has 1 aromatic carbocycles. The van der Waals surface area contributed by atoms with Crippen molar-refractivity contribution in [3.63, 3.8) is 0 Å². The van der Waals surface area contributed by atoms with Crippen LogP contribution in [0, 0.1) is 0 Å². The SMILES string of the molecule is CCN(CCNC)c1nc(Nc2ncc(C(C)C)s2)nc(OCc2ccccc2)n1. The summed E-state index contributed by atoms with van der Waals surface area (Å²) in [6.45, 7) is 9.14. The molecule has 160 valence electrons. The minimum atomic E-state index is 0.287. The van der Waals surface area contributed by atoms with E-state index in [9.17, 15) is 0 Å². The molecule has 0 aliphatic carbocycles. The number of thiazole rings is 1. The molecule has 2 heterocycles. The first-order valence-electron chi connectivity index (χ1n) is 10.1. The van der Waals surface area contributed by atoms with Crippen LogP contribution in [0.25, 0.3) is 0 Å². The minimum absolute atomic E-state index is 0.287. The molecule has 0 unspecified atom stereocenters. The van der Waals surface area contributed by atoms with Crippen molar-refractivity contribution in [1.29, 1.82) is 0 Å². The average Bonchev–Trinajstić information content (AvgIpc) is 3.22. The molecule has 0 atom stereocenters. The summed E-state index contributed by atoms with van der Waals surface area (Å²) in [6, 6.07) is 10.2. The molecule has 3 aromatic rings. The molecule has 0 spiro atoms. The standard InChI is InChI=1S/C21H29N7OS/c1-5-28(12-11-22-4)19-24-18(26-21-23-13-17(30-21)15(2)3)25-20(27-19)29-14-16-9-7-6-8-10-16/h6-10,13,15,22H,5,11-12,14H2,1-4H3,(H,23,24,25,26,27). The van der Waals surface area contributed by atoms with Gasteiger partial charge in [-0.3, -0.25) is 5.32 Å². The van der Waals surface area contributed by atoms with Gasteiger partial charge < -0.3 is 15.0 Å². The van der Waals surface area contributed by atoms with Gasteiger partial charge in [-0.2, -0.15) is 15.0 Å². The second-order valence-electron chi connectivity index (χ2n) is 7.05. The maximum atomic E-state index is 5.89. The van der Waals surface area contributed by atoms with Crippen LogP contribution < -0.4 is 20.3 Å². The van der Waals surface area contributed by atoms with Crippen molar-refractivity contribution in [3.05, 3.63) is 47.0 Å². The van der Waals surface area contributed by atoms with Crippen molar-refractivity contribution in [3.8, 4) is 6.01 Å². The first-order valence-corrected chi connectivity index (χ1v) is 11.0. The zero-order valence-electron chi connectivity index (χ0n) is 17.9. The molecule has 9 heteroatoms. The van der Waals surface area contributed by atoms with Gasteiger partial charge in [-0.05, 0) is 25.5 Å². The minimum Gasteiger partial charge on any atom is -0.458 e. The van der Waals surface area contributed by atoms with Crippen LogP contribution in [0.2, 0.25) is 0 Å². The molecular formula is C21H29N7OS. The molecule has 0 aliphatic heterocycles. The highest BCUT2D eigenvalue weighted by atomic mass is 32.1. The summed E-state index contributed by atoms with van der Waals surface area (Å²) in [5.41, 5.74) is 1.05. The van der Waals surface area contributed by atoms with Gasteiger partial charge in [0.15, 0.2) is 5.13 Å². The Kier molecular flexibility index (Phi) is 7.92. The molecule has 2 aromatic heterocycles. The van der Waals surface area contributed by atoms with E-state index in [1.165, 1.54) is 4.88 Å². The van der Waals surface area contributed by atoms with E-state index in [0.29, 0.717) is 24.4 Å². The fourth-order valence-corrected chi connectivity index (χ4v) is 3.50. The molecule has 3 rings (SSSR count). The van der Waals surface area contributed by atoms with Crippen LogP contribution in [-0.2, 0) is 6.61 Å². The van der Waals surface area contributed by atoms with Crippen LogP contribution in [0.3, 0.4) is 0 Å². The lowest BCUT2D eigenvalue weighted by molar-refractivity contribution is 0.280. The second-order valence-corrected chi connectivity index (χ2v) is 8.11. The summed E-state index contributed by atoms with van der Waals surface area (Å²) in [5.74, 6) is 1.43. The number of likely N-dealkylation sites (N-methyl/N-ethyl adjacent to an activating group) is 2. The van der Waals surface area contributed by atoms with E-state index in [-0.39, 0.29) is 6.01 Å². The smallest absolute Gasteiger partial charge is 0.323 e. The zero-order chi connectivity index (χ0) is 21.3. The number of nitrogens with zero attached hydrogens (tertiary/aromatic N) is 5. The van der Waals surface area contributed by atoms with E-state index in [0.717, 1.165) is 30.3 Å². The Bertz CT molecular complexity index is 917. The number of benzene rings is 1. The van der Waals surface area contributed by atoms with Gasteiger partial charge in [0, 0.05) is 30.7 Å². The van der Waals surface area contributed by atoms with Gasteiger partial charge in [-0.1, -0.05) is 44.2 Å². The van der Waals surface area contributed by atoms with Gasteiger partial charge >= 0.3 is 6.01 Å². The molecule has 8 nitrogen and oxygen atoms in total. The predicted octanol–water partition coefficient (Wildman–Crippen LogP) is 3.82. The average molecular weight is 428 g/mol. The summed E-state index contributed by atoms with van der Waals surface area (Å²) >= 11 is 1.60. The predicted molar refractivity (Wildman–Crippen MR) is 122 cm³/mol. The number of hydrogen-bond donors (Lipinski definition) is 2. The Morgan fingerprint density at radius 3 is 2.60 bits per heavy atom. The third-order valence-electron chi connectivity index (χ3n) is 4.42. The molecule has 0 fully saturated rings. The lowest BCUT2D eigenvalue weighted by atomic mass is 10.2. The Morgan fingerprint density at radius 2 is 1.93 bits per heavy atom. The largest absolute Gasteiger partial charge is 0.458 e. The third kappa shape index (κ3) is 6.11. The van der Waals surface area contributed by atoms with Crippen molar-refractivity contribution in [2.75, 3.05) is 36.9 Å². The van der Waals surface area contributed by atoms with Crippen LogP contribution in [0.5, 0.6) is 6.01 Å². The van der Waals surface area contributed by atoms with Gasteiger partial charge in [-0.15, -0.1) is 11.3 Å². The van der Waals surface area contributed by atoms with Gasteiger partial charge in [-0.25, -0.2) is 4.98 Å². The number of aromatic nitrogens is 4. The first-order chi connectivity index (χ1) is 14.6. The lowest BCUT2D eigenvalue weighted by Gasteiger charge is -2.21. The maximum absolute atomic E-state index is 5.89. The van der Waals surface area contributed by atoms with E-state index in [4.69, 9.17) is 4.74 Å². The van der Waals surface area contributed by atoms with Crippen molar-refractivity contribution < 1.29 is 4.74 Å². The van der Waals surface area contributed by atoms with E-state index in [2.05, 4.69) is 56.2 Å². The number of nitrogens with one attached hydrogen (secondary N) is 2. The van der Waals surface area contributed by atoms with Crippen molar-refractivity contribution in [1.82, 2.24) is 25.3 Å². The fraction of sp³-hybridized carbons (Fsp3) is 0.429. The molecule has 0 aliphatic rings. The van der Waals surface area contributed by atoms with Crippen LogP contribution >= 0.6 is 11.3 Å². The molecule has 0 radical (unpaired) electrons. The zero-order valence-corrected chi connectivity index (χ0v) is 18.7. The lowest BCUT2D eigenvalue weighted by Crippen LogP contribution is -2.32. The Labute approximate surface area is 181 Å². The third-order valence-corrected chi connectivity index (χ3v) is 5.63. The topological polar surface area (TPSA) is 88.1 Å². The Balaban J connectivity index is 1.84. The van der Waals surface area contributed by atoms with Crippen molar-refractivity contribution in [2.45, 2.75) is 33.3 Å². The van der Waals surface area contributed by atoms with E-state index in [1.807, 2.05) is 43.6 Å². The van der Waals surface area contributed by atoms with E-state index in [1.54, 1.807) is 11.3 Å². The molecule has 0 saturated carbocycles. The number of anilines is 3. The highest BCUT2D eigenvalue weighted by Crippen LogP contribution is 2.27. The molecule has 0 amide bonds. The van der Waals surface area contributed by atoms with Crippen LogP contribution in [0.4, 0.5) is 17.0 Å². The van der Waals surface area contributed by atoms with Crippen LogP contribution in [0.1, 0.15) is 37.1 Å². The van der Waals surface area contributed by atoms with Crippen LogP contribution in [0.15, 0.2) is 36.5 Å². The van der Waals surface area contributed by atoms with Crippen molar-refractivity contribution in [2.24, 2.45) is 0 Å².